The van der Waals surface area contributed by atoms with Gasteiger partial charge in [-0.05, 0) is 96.7 Å². The maximum Gasteiger partial charge on any atom is 0.261 e. The summed E-state index contributed by atoms with van der Waals surface area (Å²) in [7, 11) is 5.02. The summed E-state index contributed by atoms with van der Waals surface area (Å²) >= 11 is 0. The fourth-order valence-electron chi connectivity index (χ4n) is 9.40. The van der Waals surface area contributed by atoms with Gasteiger partial charge in [0.05, 0.1) is 42.3 Å². The number of carbonyl (C=O) groups is 2. The second kappa shape index (κ2) is 15.3. The molecule has 3 heterocycles. The van der Waals surface area contributed by atoms with Gasteiger partial charge in [-0.25, -0.2) is 0 Å². The van der Waals surface area contributed by atoms with Crippen molar-refractivity contribution in [3.8, 4) is 23.0 Å². The number of hydrogen-bond acceptors (Lipinski definition) is 8. The minimum Gasteiger partial charge on any atom is -0.493 e. The van der Waals surface area contributed by atoms with Gasteiger partial charge in [0.25, 0.3) is 11.8 Å². The normalized spacial score (nSPS) is 18.1. The van der Waals surface area contributed by atoms with Gasteiger partial charge < -0.3 is 39.4 Å². The van der Waals surface area contributed by atoms with Crippen LogP contribution in [0.1, 0.15) is 87.1 Å². The van der Waals surface area contributed by atoms with Gasteiger partial charge in [-0.2, -0.15) is 0 Å². The van der Waals surface area contributed by atoms with Crippen molar-refractivity contribution in [3.63, 3.8) is 0 Å². The molecule has 0 bridgehead atoms. The van der Waals surface area contributed by atoms with E-state index in [4.69, 9.17) is 18.9 Å². The first-order valence-corrected chi connectivity index (χ1v) is 20.3. The number of para-hydroxylation sites is 2. The van der Waals surface area contributed by atoms with Crippen LogP contribution in [0.4, 0.5) is 22.7 Å². The first-order valence-electron chi connectivity index (χ1n) is 20.3. The second-order valence-corrected chi connectivity index (χ2v) is 16.1. The summed E-state index contributed by atoms with van der Waals surface area (Å²) in [4.78, 5) is 31.9. The van der Waals surface area contributed by atoms with E-state index in [1.54, 1.807) is 26.4 Å². The van der Waals surface area contributed by atoms with E-state index in [1.165, 1.54) is 29.5 Å². The highest BCUT2D eigenvalue weighted by molar-refractivity contribution is 6.13. The van der Waals surface area contributed by atoms with Gasteiger partial charge in [-0.3, -0.25) is 9.59 Å². The first kappa shape index (κ1) is 37.4. The van der Waals surface area contributed by atoms with Crippen molar-refractivity contribution < 1.29 is 28.5 Å². The molecule has 1 unspecified atom stereocenters. The van der Waals surface area contributed by atoms with Gasteiger partial charge in [0, 0.05) is 43.6 Å². The van der Waals surface area contributed by atoms with E-state index in [9.17, 15) is 9.59 Å². The number of nitrogens with zero attached hydrogens (tertiary/aromatic N) is 2. The highest BCUT2D eigenvalue weighted by atomic mass is 16.5. The van der Waals surface area contributed by atoms with E-state index in [0.29, 0.717) is 72.0 Å². The fraction of sp³-hybridized carbons (Fsp3) is 0.333. The molecule has 1 atom stereocenters. The molecule has 4 aliphatic rings. The number of nitrogens with one attached hydrogen (secondary N) is 2. The average Bonchev–Trinajstić information content (AvgIpc) is 4.00. The van der Waals surface area contributed by atoms with Crippen molar-refractivity contribution >= 4 is 34.6 Å². The zero-order valence-corrected chi connectivity index (χ0v) is 33.7. The van der Waals surface area contributed by atoms with Gasteiger partial charge in [0.1, 0.15) is 13.2 Å². The maximum atomic E-state index is 14.2. The lowest BCUT2D eigenvalue weighted by Gasteiger charge is -2.33. The number of anilines is 4. The molecular formula is C48H50N4O6. The van der Waals surface area contributed by atoms with Crippen molar-refractivity contribution in [2.45, 2.75) is 70.1 Å². The third-order valence-electron chi connectivity index (χ3n) is 12.4. The summed E-state index contributed by atoms with van der Waals surface area (Å²) < 4.78 is 24.7. The Hall–Kier alpha value is -6.16. The monoisotopic (exact) mass is 778 g/mol. The molecule has 0 aromatic heterocycles. The lowest BCUT2D eigenvalue weighted by atomic mass is 9.94. The van der Waals surface area contributed by atoms with Gasteiger partial charge in [-0.1, -0.05) is 61.4 Å². The predicted molar refractivity (Wildman–Crippen MR) is 228 cm³/mol. The van der Waals surface area contributed by atoms with E-state index in [0.717, 1.165) is 53.9 Å². The molecule has 2 amide bonds. The van der Waals surface area contributed by atoms with Crippen LogP contribution in [0.15, 0.2) is 91.0 Å². The van der Waals surface area contributed by atoms with Gasteiger partial charge in [0.15, 0.2) is 23.0 Å². The molecule has 10 heteroatoms. The average molecular weight is 779 g/mol. The lowest BCUT2D eigenvalue weighted by molar-refractivity contribution is 0.0966. The number of methoxy groups -OCH3 is 2. The molecule has 5 aromatic carbocycles. The molecule has 58 heavy (non-hydrogen) atoms. The van der Waals surface area contributed by atoms with Crippen LogP contribution in [0.3, 0.4) is 0 Å². The third kappa shape index (κ3) is 6.74. The van der Waals surface area contributed by atoms with Gasteiger partial charge in [-0.15, -0.1) is 0 Å². The number of hydrogen-bond donors (Lipinski definition) is 2. The van der Waals surface area contributed by atoms with Crippen molar-refractivity contribution in [2.75, 3.05) is 54.8 Å². The Balaban J connectivity index is 0.960. The Kier molecular flexibility index (Phi) is 9.87. The molecule has 1 aliphatic carbocycles. The van der Waals surface area contributed by atoms with Crippen LogP contribution in [0.5, 0.6) is 23.0 Å². The second-order valence-electron chi connectivity index (χ2n) is 16.1. The summed E-state index contributed by atoms with van der Waals surface area (Å²) in [5.41, 5.74) is 9.66. The molecule has 0 saturated heterocycles. The topological polar surface area (TPSA) is 102 Å². The smallest absolute Gasteiger partial charge is 0.261 e. The Morgan fingerprint density at radius 3 is 2.17 bits per heavy atom. The lowest BCUT2D eigenvalue weighted by Crippen LogP contribution is -2.50. The number of rotatable bonds is 11. The molecule has 10 nitrogen and oxygen atoms in total. The largest absolute Gasteiger partial charge is 0.493 e. The van der Waals surface area contributed by atoms with Crippen LogP contribution in [-0.4, -0.2) is 51.7 Å². The van der Waals surface area contributed by atoms with Gasteiger partial charge >= 0.3 is 0 Å². The molecule has 1 saturated carbocycles. The van der Waals surface area contributed by atoms with E-state index in [2.05, 4.69) is 47.9 Å². The molecule has 9 rings (SSSR count). The quantitative estimate of drug-likeness (QED) is 0.137. The highest BCUT2D eigenvalue weighted by Crippen LogP contribution is 2.45. The minimum absolute atomic E-state index is 0.0525. The van der Waals surface area contributed by atoms with E-state index < -0.39 is 5.54 Å². The van der Waals surface area contributed by atoms with E-state index >= 15 is 0 Å². The van der Waals surface area contributed by atoms with Crippen LogP contribution < -0.4 is 39.4 Å². The minimum atomic E-state index is -0.397. The van der Waals surface area contributed by atoms with Crippen molar-refractivity contribution in [3.05, 3.63) is 130 Å². The van der Waals surface area contributed by atoms with Crippen LogP contribution in [0.25, 0.3) is 0 Å². The Labute approximate surface area is 340 Å². The van der Waals surface area contributed by atoms with Crippen LogP contribution in [-0.2, 0) is 26.1 Å². The Morgan fingerprint density at radius 1 is 0.810 bits per heavy atom. The standard InChI is InChI=1S/C48H50N4O6/c1-48-26-34-14-8-10-16-41(34)52(48)47(54)37-23-43(56-4)45(25-39(37)50-29-48)58-28-31-19-30(20-35(21-31)32-11-5-6-12-32)27-57-44-24-38(49-2)36(22-42(44)55-3)46(53)51-18-17-33-13-7-9-15-40(33)51/h7-10,13-16,19-25,32,49-50H,5-6,11-12,17-18,26-29H2,1-4H3. The summed E-state index contributed by atoms with van der Waals surface area (Å²) in [6.45, 7) is 3.97. The summed E-state index contributed by atoms with van der Waals surface area (Å²) in [5, 5.41) is 6.79. The summed E-state index contributed by atoms with van der Waals surface area (Å²) in [6, 6.07) is 30.2. The van der Waals surface area contributed by atoms with Crippen LogP contribution in [0, 0.1) is 0 Å². The SMILES string of the molecule is CNc1cc(OCc2cc(COc3cc4c(cc3OC)C(=O)N3c5ccccc5CC3(C)CN4)cc(C3CCCC3)c2)c(OC)cc1C(=O)N1CCc2ccccc21. The predicted octanol–water partition coefficient (Wildman–Crippen LogP) is 9.15. The molecule has 1 fully saturated rings. The summed E-state index contributed by atoms with van der Waals surface area (Å²) in [6.07, 6.45) is 6.35. The van der Waals surface area contributed by atoms with Crippen LogP contribution >= 0.6 is 0 Å². The molecule has 0 spiro atoms. The van der Waals surface area contributed by atoms with Crippen LogP contribution in [0.2, 0.25) is 0 Å². The number of fused-ring (bicyclic) bond motifs is 5. The maximum absolute atomic E-state index is 14.2. The number of amides is 2. The molecule has 3 aliphatic heterocycles. The van der Waals surface area contributed by atoms with E-state index in [-0.39, 0.29) is 11.8 Å². The molecular weight excluding hydrogens is 729 g/mol. The number of ether oxygens (including phenoxy) is 4. The molecule has 5 aromatic rings. The Morgan fingerprint density at radius 2 is 1.47 bits per heavy atom. The zero-order chi connectivity index (χ0) is 40.0. The third-order valence-corrected chi connectivity index (χ3v) is 12.4. The van der Waals surface area contributed by atoms with Crippen molar-refractivity contribution in [1.29, 1.82) is 0 Å². The van der Waals surface area contributed by atoms with Gasteiger partial charge in [0.2, 0.25) is 0 Å². The van der Waals surface area contributed by atoms with Crippen molar-refractivity contribution in [2.24, 2.45) is 0 Å². The Bertz CT molecular complexity index is 2410. The number of carbonyl (C=O) groups excluding carboxylic acids is 2. The van der Waals surface area contributed by atoms with E-state index in [1.807, 2.05) is 65.4 Å². The molecule has 0 radical (unpaired) electrons. The first-order chi connectivity index (χ1) is 28.3. The summed E-state index contributed by atoms with van der Waals surface area (Å²) in [5.74, 6) is 2.45. The molecule has 2 N–H and O–H groups in total. The highest BCUT2D eigenvalue weighted by Gasteiger charge is 2.46. The number of benzene rings is 5. The fourth-order valence-corrected chi connectivity index (χ4v) is 9.40. The zero-order valence-electron chi connectivity index (χ0n) is 33.7. The molecule has 298 valence electrons. The van der Waals surface area contributed by atoms with Crippen molar-refractivity contribution in [1.82, 2.24) is 0 Å².